The van der Waals surface area contributed by atoms with Crippen LogP contribution in [0.1, 0.15) is 5.56 Å². The van der Waals surface area contributed by atoms with Gasteiger partial charge in [-0.05, 0) is 36.7 Å². The topological polar surface area (TPSA) is 40.2 Å². The van der Waals surface area contributed by atoms with Gasteiger partial charge in [0.1, 0.15) is 5.75 Å². The van der Waals surface area contributed by atoms with Crippen LogP contribution >= 0.6 is 0 Å². The molecule has 0 spiro atoms. The Morgan fingerprint density at radius 2 is 2.27 bits per heavy atom. The van der Waals surface area contributed by atoms with Gasteiger partial charge in [-0.15, -0.1) is 0 Å². The van der Waals surface area contributed by atoms with E-state index in [9.17, 15) is 4.48 Å². The largest absolute Gasteiger partial charge is 0.497 e. The van der Waals surface area contributed by atoms with Crippen molar-refractivity contribution in [2.24, 2.45) is 5.73 Å². The number of ether oxygens (including phenoxy) is 1. The molecule has 1 aromatic carbocycles. The van der Waals surface area contributed by atoms with Crippen LogP contribution < -0.4 is 10.5 Å². The molecule has 1 aromatic heterocycles. The third-order valence-corrected chi connectivity index (χ3v) is 2.46. The number of aromatic nitrogens is 1. The molecule has 0 aliphatic carbocycles. The first-order valence-corrected chi connectivity index (χ1v) is 4.80. The lowest BCUT2D eigenvalue weighted by Crippen LogP contribution is -2.01. The van der Waals surface area contributed by atoms with Gasteiger partial charge in [0.2, 0.25) is 0 Å². The van der Waals surface area contributed by atoms with E-state index in [1.165, 1.54) is 6.20 Å². The number of fused-ring (bicyclic) bond motifs is 1. The first kappa shape index (κ1) is 9.98. The fraction of sp³-hybridized carbons (Fsp3) is 0.273. The number of nitrogens with zero attached hydrogens (tertiary/aromatic N) is 1. The predicted molar refractivity (Wildman–Crippen MR) is 57.8 cm³/mol. The molecule has 15 heavy (non-hydrogen) atoms. The van der Waals surface area contributed by atoms with E-state index in [4.69, 9.17) is 10.5 Å². The monoisotopic (exact) mass is 208 g/mol. The molecule has 0 unspecified atom stereocenters. The first-order chi connectivity index (χ1) is 7.26. The number of hydrogen-bond acceptors (Lipinski definition) is 2. The Bertz CT molecular complexity index is 479. The normalized spacial score (nSPS) is 10.9. The van der Waals surface area contributed by atoms with Crippen molar-refractivity contribution < 1.29 is 9.22 Å². The van der Waals surface area contributed by atoms with Gasteiger partial charge in [-0.1, -0.05) is 4.48 Å². The summed E-state index contributed by atoms with van der Waals surface area (Å²) >= 11 is 0. The van der Waals surface area contributed by atoms with Gasteiger partial charge in [0.15, 0.2) is 0 Å². The average Bonchev–Trinajstić information content (AvgIpc) is 2.56. The van der Waals surface area contributed by atoms with Crippen LogP contribution in [-0.4, -0.2) is 18.4 Å². The Hall–Kier alpha value is -1.55. The summed E-state index contributed by atoms with van der Waals surface area (Å²) in [7, 11) is 1.59. The summed E-state index contributed by atoms with van der Waals surface area (Å²) in [5.41, 5.74) is 6.93. The molecule has 0 radical (unpaired) electrons. The number of methoxy groups -OCH3 is 1. The highest BCUT2D eigenvalue weighted by molar-refractivity contribution is 5.85. The highest BCUT2D eigenvalue weighted by atomic mass is 19.2. The molecule has 80 valence electrons. The van der Waals surface area contributed by atoms with Crippen molar-refractivity contribution in [2.45, 2.75) is 6.42 Å². The van der Waals surface area contributed by atoms with Crippen LogP contribution in [0.25, 0.3) is 10.9 Å². The van der Waals surface area contributed by atoms with Crippen molar-refractivity contribution in [1.82, 2.24) is 4.79 Å². The van der Waals surface area contributed by atoms with E-state index in [1.807, 2.05) is 6.07 Å². The lowest BCUT2D eigenvalue weighted by Gasteiger charge is -2.00. The van der Waals surface area contributed by atoms with Crippen molar-refractivity contribution >= 4 is 10.9 Å². The Balaban J connectivity index is 2.60. The fourth-order valence-electron chi connectivity index (χ4n) is 1.72. The zero-order valence-corrected chi connectivity index (χ0v) is 8.53. The van der Waals surface area contributed by atoms with E-state index in [0.29, 0.717) is 23.3 Å². The molecule has 0 aliphatic heterocycles. The fourth-order valence-corrected chi connectivity index (χ4v) is 1.72. The molecular formula is C11H13FN2O. The number of halogens is 1. The summed E-state index contributed by atoms with van der Waals surface area (Å²) in [6.07, 6.45) is 2.14. The molecular weight excluding hydrogens is 195 g/mol. The molecule has 0 amide bonds. The van der Waals surface area contributed by atoms with Gasteiger partial charge in [-0.25, -0.2) is 0 Å². The van der Waals surface area contributed by atoms with Crippen LogP contribution in [0.4, 0.5) is 4.48 Å². The Kier molecular flexibility index (Phi) is 2.60. The SMILES string of the molecule is COc1ccc2c(c1)c(CCN)cn2F. The summed E-state index contributed by atoms with van der Waals surface area (Å²) < 4.78 is 18.5. The summed E-state index contributed by atoms with van der Waals surface area (Å²) in [4.78, 5) is 0.625. The maximum atomic E-state index is 13.4. The predicted octanol–water partition coefficient (Wildman–Crippen LogP) is 1.88. The maximum Gasteiger partial charge on any atom is 0.119 e. The third-order valence-electron chi connectivity index (χ3n) is 2.46. The van der Waals surface area contributed by atoms with Gasteiger partial charge in [0.25, 0.3) is 0 Å². The summed E-state index contributed by atoms with van der Waals surface area (Å²) in [6, 6.07) is 5.27. The number of nitrogens with two attached hydrogens (primary N) is 1. The third kappa shape index (κ3) is 1.68. The Labute approximate surface area is 87.2 Å². The van der Waals surface area contributed by atoms with Gasteiger partial charge in [0.05, 0.1) is 12.6 Å². The molecule has 0 atom stereocenters. The highest BCUT2D eigenvalue weighted by Crippen LogP contribution is 2.26. The van der Waals surface area contributed by atoms with Crippen molar-refractivity contribution in [3.63, 3.8) is 0 Å². The van der Waals surface area contributed by atoms with Gasteiger partial charge in [-0.2, -0.15) is 4.79 Å². The zero-order chi connectivity index (χ0) is 10.8. The van der Waals surface area contributed by atoms with Gasteiger partial charge in [0, 0.05) is 11.6 Å². The molecule has 2 N–H and O–H groups in total. The highest BCUT2D eigenvalue weighted by Gasteiger charge is 2.08. The van der Waals surface area contributed by atoms with Crippen LogP contribution in [0, 0.1) is 0 Å². The van der Waals surface area contributed by atoms with Crippen molar-refractivity contribution in [1.29, 1.82) is 0 Å². The van der Waals surface area contributed by atoms with E-state index >= 15 is 0 Å². The summed E-state index contributed by atoms with van der Waals surface area (Å²) in [5.74, 6) is 0.729. The van der Waals surface area contributed by atoms with Crippen LogP contribution in [0.15, 0.2) is 24.4 Å². The van der Waals surface area contributed by atoms with Crippen LogP contribution in [0.5, 0.6) is 5.75 Å². The minimum absolute atomic E-state index is 0.510. The number of hydrogen-bond donors (Lipinski definition) is 1. The number of rotatable bonds is 3. The van der Waals surface area contributed by atoms with Crippen LogP contribution in [0.2, 0.25) is 0 Å². The molecule has 2 aromatic rings. The van der Waals surface area contributed by atoms with Crippen LogP contribution in [0.3, 0.4) is 0 Å². The maximum absolute atomic E-state index is 13.4. The lowest BCUT2D eigenvalue weighted by atomic mass is 10.1. The van der Waals surface area contributed by atoms with Crippen molar-refractivity contribution in [2.75, 3.05) is 13.7 Å². The van der Waals surface area contributed by atoms with E-state index in [1.54, 1.807) is 19.2 Å². The Morgan fingerprint density at radius 3 is 2.93 bits per heavy atom. The molecule has 0 saturated carbocycles. The molecule has 0 saturated heterocycles. The number of benzene rings is 1. The molecule has 0 aliphatic rings. The van der Waals surface area contributed by atoms with E-state index in [2.05, 4.69) is 0 Å². The minimum atomic E-state index is 0.510. The summed E-state index contributed by atoms with van der Waals surface area (Å²) in [6.45, 7) is 0.510. The lowest BCUT2D eigenvalue weighted by molar-refractivity contribution is 0.386. The molecule has 4 heteroatoms. The zero-order valence-electron chi connectivity index (χ0n) is 8.53. The average molecular weight is 208 g/mol. The summed E-state index contributed by atoms with van der Waals surface area (Å²) in [5, 5.41) is 0.863. The molecule has 2 rings (SSSR count). The van der Waals surface area contributed by atoms with Gasteiger partial charge in [-0.3, -0.25) is 0 Å². The second-order valence-corrected chi connectivity index (χ2v) is 3.39. The van der Waals surface area contributed by atoms with Gasteiger partial charge >= 0.3 is 0 Å². The first-order valence-electron chi connectivity index (χ1n) is 4.80. The van der Waals surface area contributed by atoms with Crippen molar-refractivity contribution in [3.8, 4) is 5.75 Å². The quantitative estimate of drug-likeness (QED) is 0.836. The second-order valence-electron chi connectivity index (χ2n) is 3.39. The standard InChI is InChI=1S/C11H13FN2O/c1-15-9-2-3-11-10(6-9)8(4-5-13)7-14(11)12/h2-3,6-7H,4-5,13H2,1H3. The van der Waals surface area contributed by atoms with E-state index in [0.717, 1.165) is 16.7 Å². The second kappa shape index (κ2) is 3.90. The molecule has 0 fully saturated rings. The van der Waals surface area contributed by atoms with Crippen LogP contribution in [-0.2, 0) is 6.42 Å². The Morgan fingerprint density at radius 1 is 1.47 bits per heavy atom. The minimum Gasteiger partial charge on any atom is -0.497 e. The van der Waals surface area contributed by atoms with Crippen molar-refractivity contribution in [3.05, 3.63) is 30.0 Å². The van der Waals surface area contributed by atoms with E-state index < -0.39 is 0 Å². The van der Waals surface area contributed by atoms with E-state index in [-0.39, 0.29) is 0 Å². The molecule has 3 nitrogen and oxygen atoms in total. The van der Waals surface area contributed by atoms with Gasteiger partial charge < -0.3 is 10.5 Å². The molecule has 0 bridgehead atoms. The molecule has 1 heterocycles. The smallest absolute Gasteiger partial charge is 0.119 e.